The first-order chi connectivity index (χ1) is 10.2. The maximum atomic E-state index is 6.36. The highest BCUT2D eigenvalue weighted by molar-refractivity contribution is 6.36. The summed E-state index contributed by atoms with van der Waals surface area (Å²) in [5, 5.41) is 1.34. The molecule has 0 amide bonds. The van der Waals surface area contributed by atoms with Crippen LogP contribution in [0.4, 0.5) is 0 Å². The van der Waals surface area contributed by atoms with Gasteiger partial charge < -0.3 is 10.2 Å². The fourth-order valence-electron chi connectivity index (χ4n) is 2.73. The Morgan fingerprint density at radius 3 is 2.43 bits per heavy atom. The van der Waals surface area contributed by atoms with Crippen LogP contribution >= 0.6 is 23.2 Å². The molecular formula is C16H18Cl2N2O. The molecule has 1 aliphatic carbocycles. The Morgan fingerprint density at radius 1 is 1.19 bits per heavy atom. The van der Waals surface area contributed by atoms with Crippen LogP contribution in [0.25, 0.3) is 0 Å². The van der Waals surface area contributed by atoms with E-state index in [1.54, 1.807) is 6.26 Å². The van der Waals surface area contributed by atoms with Crippen LogP contribution in [0.15, 0.2) is 41.0 Å². The van der Waals surface area contributed by atoms with Crippen LogP contribution in [-0.2, 0) is 6.54 Å². The molecule has 1 saturated carbocycles. The molecule has 3 nitrogen and oxygen atoms in total. The van der Waals surface area contributed by atoms with Crippen molar-refractivity contribution in [3.05, 3.63) is 58.0 Å². The standard InChI is InChI=1S/C16H18Cl2N2O/c17-13-4-1-5-14(18)16(13)15(9-19)20(11-6-7-11)10-12-3-2-8-21-12/h1-5,8,11,15H,6-7,9-10,19H2. The summed E-state index contributed by atoms with van der Waals surface area (Å²) in [6.45, 7) is 1.20. The van der Waals surface area contributed by atoms with Gasteiger partial charge in [0.1, 0.15) is 5.76 Å². The van der Waals surface area contributed by atoms with Crippen LogP contribution in [-0.4, -0.2) is 17.5 Å². The molecule has 1 heterocycles. The normalized spacial score (nSPS) is 16.4. The molecule has 1 fully saturated rings. The summed E-state index contributed by atoms with van der Waals surface area (Å²) in [5.74, 6) is 0.934. The van der Waals surface area contributed by atoms with Crippen molar-refractivity contribution in [1.82, 2.24) is 4.90 Å². The molecule has 1 aromatic carbocycles. The number of furan rings is 1. The third-order valence-electron chi connectivity index (χ3n) is 3.89. The zero-order valence-electron chi connectivity index (χ0n) is 11.6. The van der Waals surface area contributed by atoms with Gasteiger partial charge in [0.2, 0.25) is 0 Å². The van der Waals surface area contributed by atoms with Crippen molar-refractivity contribution in [1.29, 1.82) is 0 Å². The lowest BCUT2D eigenvalue weighted by atomic mass is 10.0. The summed E-state index contributed by atoms with van der Waals surface area (Å²) in [6.07, 6.45) is 4.05. The van der Waals surface area contributed by atoms with Gasteiger partial charge in [0.15, 0.2) is 0 Å². The molecule has 1 unspecified atom stereocenters. The Labute approximate surface area is 134 Å². The first kappa shape index (κ1) is 14.9. The van der Waals surface area contributed by atoms with Crippen molar-refractivity contribution in [2.45, 2.75) is 31.5 Å². The monoisotopic (exact) mass is 324 g/mol. The lowest BCUT2D eigenvalue weighted by Crippen LogP contribution is -2.35. The van der Waals surface area contributed by atoms with Gasteiger partial charge in [-0.25, -0.2) is 0 Å². The van der Waals surface area contributed by atoms with E-state index in [1.165, 1.54) is 12.8 Å². The molecule has 0 spiro atoms. The van der Waals surface area contributed by atoms with Crippen LogP contribution < -0.4 is 5.73 Å². The van der Waals surface area contributed by atoms with E-state index in [-0.39, 0.29) is 6.04 Å². The number of benzene rings is 1. The molecule has 21 heavy (non-hydrogen) atoms. The smallest absolute Gasteiger partial charge is 0.117 e. The Bertz CT molecular complexity index is 576. The Balaban J connectivity index is 1.92. The number of rotatable bonds is 6. The molecule has 5 heteroatoms. The van der Waals surface area contributed by atoms with Crippen LogP contribution in [0.1, 0.15) is 30.2 Å². The van der Waals surface area contributed by atoms with Crippen LogP contribution in [0, 0.1) is 0 Å². The third-order valence-corrected chi connectivity index (χ3v) is 4.55. The molecule has 1 aromatic heterocycles. The Kier molecular flexibility index (Phi) is 4.55. The molecular weight excluding hydrogens is 307 g/mol. The number of nitrogens with zero attached hydrogens (tertiary/aromatic N) is 1. The number of nitrogens with two attached hydrogens (primary N) is 1. The quantitative estimate of drug-likeness (QED) is 0.863. The highest BCUT2D eigenvalue weighted by atomic mass is 35.5. The molecule has 2 N–H and O–H groups in total. The van der Waals surface area contributed by atoms with Gasteiger partial charge in [0.05, 0.1) is 18.8 Å². The van der Waals surface area contributed by atoms with E-state index < -0.39 is 0 Å². The summed E-state index contributed by atoms with van der Waals surface area (Å²) in [4.78, 5) is 2.35. The van der Waals surface area contributed by atoms with Crippen LogP contribution in [0.5, 0.6) is 0 Å². The van der Waals surface area contributed by atoms with Crippen molar-refractivity contribution >= 4 is 23.2 Å². The molecule has 3 rings (SSSR count). The SMILES string of the molecule is NCC(c1c(Cl)cccc1Cl)N(Cc1ccco1)C1CC1. The van der Waals surface area contributed by atoms with Crippen molar-refractivity contribution in [3.8, 4) is 0 Å². The number of halogens is 2. The lowest BCUT2D eigenvalue weighted by Gasteiger charge is -2.31. The van der Waals surface area contributed by atoms with Gasteiger partial charge in [-0.3, -0.25) is 4.90 Å². The third kappa shape index (κ3) is 3.27. The van der Waals surface area contributed by atoms with Gasteiger partial charge >= 0.3 is 0 Å². The fourth-order valence-corrected chi connectivity index (χ4v) is 3.38. The molecule has 0 saturated heterocycles. The van der Waals surface area contributed by atoms with Gasteiger partial charge in [-0.1, -0.05) is 29.3 Å². The van der Waals surface area contributed by atoms with E-state index >= 15 is 0 Å². The molecule has 2 aromatic rings. The summed E-state index contributed by atoms with van der Waals surface area (Å²) >= 11 is 12.7. The van der Waals surface area contributed by atoms with E-state index in [0.717, 1.165) is 17.9 Å². The van der Waals surface area contributed by atoms with E-state index in [4.69, 9.17) is 33.4 Å². The second-order valence-electron chi connectivity index (χ2n) is 5.37. The highest BCUT2D eigenvalue weighted by Gasteiger charge is 2.36. The number of hydrogen-bond acceptors (Lipinski definition) is 3. The average Bonchev–Trinajstić information content (AvgIpc) is 3.18. The molecule has 1 aliphatic rings. The Hall–Kier alpha value is -1.00. The average molecular weight is 325 g/mol. The van der Waals surface area contributed by atoms with E-state index in [9.17, 15) is 0 Å². The van der Waals surface area contributed by atoms with E-state index in [1.807, 2.05) is 30.3 Å². The van der Waals surface area contributed by atoms with Crippen LogP contribution in [0.2, 0.25) is 10.0 Å². The second-order valence-corrected chi connectivity index (χ2v) is 6.18. The fraction of sp³-hybridized carbons (Fsp3) is 0.375. The number of hydrogen-bond donors (Lipinski definition) is 1. The minimum absolute atomic E-state index is 0.00352. The molecule has 112 valence electrons. The zero-order valence-corrected chi connectivity index (χ0v) is 13.1. The van der Waals surface area contributed by atoms with Crippen molar-refractivity contribution < 1.29 is 4.42 Å². The van der Waals surface area contributed by atoms with E-state index in [2.05, 4.69) is 4.90 Å². The first-order valence-electron chi connectivity index (χ1n) is 7.12. The maximum absolute atomic E-state index is 6.36. The lowest BCUT2D eigenvalue weighted by molar-refractivity contribution is 0.168. The molecule has 0 bridgehead atoms. The predicted octanol–water partition coefficient (Wildman–Crippen LogP) is 4.25. The van der Waals surface area contributed by atoms with Gasteiger partial charge in [0, 0.05) is 28.2 Å². The summed E-state index contributed by atoms with van der Waals surface area (Å²) in [6, 6.07) is 10.00. The predicted molar refractivity (Wildman–Crippen MR) is 85.5 cm³/mol. The van der Waals surface area contributed by atoms with Crippen LogP contribution in [0.3, 0.4) is 0 Å². The summed E-state index contributed by atoms with van der Waals surface area (Å²) in [5.41, 5.74) is 6.97. The minimum Gasteiger partial charge on any atom is -0.468 e. The molecule has 1 atom stereocenters. The zero-order chi connectivity index (χ0) is 14.8. The molecule has 0 radical (unpaired) electrons. The second kappa shape index (κ2) is 6.41. The Morgan fingerprint density at radius 2 is 1.90 bits per heavy atom. The van der Waals surface area contributed by atoms with Gasteiger partial charge in [-0.2, -0.15) is 0 Å². The maximum Gasteiger partial charge on any atom is 0.117 e. The van der Waals surface area contributed by atoms with Gasteiger partial charge in [0.25, 0.3) is 0 Å². The van der Waals surface area contributed by atoms with Gasteiger partial charge in [-0.15, -0.1) is 0 Å². The van der Waals surface area contributed by atoms with Crippen molar-refractivity contribution in [2.75, 3.05) is 6.54 Å². The minimum atomic E-state index is 0.00352. The van der Waals surface area contributed by atoms with Gasteiger partial charge in [-0.05, 0) is 37.1 Å². The van der Waals surface area contributed by atoms with Crippen molar-refractivity contribution in [3.63, 3.8) is 0 Å². The largest absolute Gasteiger partial charge is 0.468 e. The van der Waals surface area contributed by atoms with E-state index in [0.29, 0.717) is 22.6 Å². The first-order valence-corrected chi connectivity index (χ1v) is 7.88. The topological polar surface area (TPSA) is 42.4 Å². The van der Waals surface area contributed by atoms with Crippen molar-refractivity contribution in [2.24, 2.45) is 5.73 Å². The highest BCUT2D eigenvalue weighted by Crippen LogP contribution is 2.40. The molecule has 0 aliphatic heterocycles. The summed E-state index contributed by atoms with van der Waals surface area (Å²) < 4.78 is 5.48. The summed E-state index contributed by atoms with van der Waals surface area (Å²) in [7, 11) is 0.